The Kier molecular flexibility index (Phi) is 18.4. The molecule has 0 atom stereocenters. The molecule has 0 bridgehead atoms. The van der Waals surface area contributed by atoms with Gasteiger partial charge in [0.05, 0.1) is 13.2 Å². The Balaban J connectivity index is 0.00000841. The van der Waals surface area contributed by atoms with Gasteiger partial charge in [0.2, 0.25) is 6.33 Å². The first-order valence-electron chi connectivity index (χ1n) is 11.5. The lowest BCUT2D eigenvalue weighted by Crippen LogP contribution is -3.00. The van der Waals surface area contributed by atoms with E-state index in [9.17, 15) is 9.59 Å². The van der Waals surface area contributed by atoms with Crippen molar-refractivity contribution in [2.75, 3.05) is 13.2 Å². The summed E-state index contributed by atoms with van der Waals surface area (Å²) >= 11 is 0. The van der Waals surface area contributed by atoms with Crippen molar-refractivity contribution in [1.29, 1.82) is 0 Å². The van der Waals surface area contributed by atoms with Gasteiger partial charge < -0.3 is 21.9 Å². The van der Waals surface area contributed by atoms with Crippen LogP contribution in [0.1, 0.15) is 90.9 Å². The van der Waals surface area contributed by atoms with Crippen molar-refractivity contribution in [3.05, 3.63) is 18.7 Å². The number of esters is 2. The fraction of sp³-hybridized carbons (Fsp3) is 0.783. The van der Waals surface area contributed by atoms with Crippen LogP contribution in [0.3, 0.4) is 0 Å². The van der Waals surface area contributed by atoms with Crippen LogP contribution in [0.2, 0.25) is 0 Å². The van der Waals surface area contributed by atoms with E-state index in [-0.39, 0.29) is 37.4 Å². The number of unbranched alkanes of at least 4 members (excludes halogenated alkanes) is 10. The minimum absolute atomic E-state index is 0. The van der Waals surface area contributed by atoms with Crippen LogP contribution in [-0.4, -0.2) is 29.7 Å². The fourth-order valence-corrected chi connectivity index (χ4v) is 3.15. The van der Waals surface area contributed by atoms with Crippen LogP contribution in [-0.2, 0) is 32.2 Å². The molecule has 0 N–H and O–H groups in total. The Morgan fingerprint density at radius 1 is 0.767 bits per heavy atom. The van der Waals surface area contributed by atoms with E-state index in [2.05, 4.69) is 13.8 Å². The Bertz CT molecular complexity index is 517. The maximum absolute atomic E-state index is 11.9. The van der Waals surface area contributed by atoms with E-state index in [4.69, 9.17) is 9.47 Å². The zero-order valence-corrected chi connectivity index (χ0v) is 19.7. The molecule has 0 radical (unpaired) electrons. The number of imidazole rings is 1. The quantitative estimate of drug-likeness (QED) is 0.196. The highest BCUT2D eigenvalue weighted by Crippen LogP contribution is 2.06. The second-order valence-corrected chi connectivity index (χ2v) is 7.73. The molecule has 0 aromatic carbocycles. The zero-order chi connectivity index (χ0) is 21.2. The van der Waals surface area contributed by atoms with Gasteiger partial charge in [0.15, 0.2) is 13.1 Å². The number of aromatic nitrogens is 2. The lowest BCUT2D eigenvalue weighted by atomic mass is 10.1. The normalized spacial score (nSPS) is 10.5. The second-order valence-electron chi connectivity index (χ2n) is 7.73. The monoisotopic (exact) mass is 444 g/mol. The summed E-state index contributed by atoms with van der Waals surface area (Å²) in [5, 5.41) is 0. The number of hydrogen-bond donors (Lipinski definition) is 0. The number of rotatable bonds is 18. The van der Waals surface area contributed by atoms with Crippen molar-refractivity contribution >= 4 is 11.9 Å². The summed E-state index contributed by atoms with van der Waals surface area (Å²) in [7, 11) is 0. The van der Waals surface area contributed by atoms with Gasteiger partial charge in [0.25, 0.3) is 0 Å². The molecular formula is C23H41ClN2O4. The van der Waals surface area contributed by atoms with Gasteiger partial charge in [-0.15, -0.1) is 0 Å². The van der Waals surface area contributed by atoms with E-state index < -0.39 is 0 Å². The van der Waals surface area contributed by atoms with E-state index >= 15 is 0 Å². The molecule has 0 amide bonds. The second kappa shape index (κ2) is 19.4. The largest absolute Gasteiger partial charge is 1.00 e. The summed E-state index contributed by atoms with van der Waals surface area (Å²) < 4.78 is 14.0. The van der Waals surface area contributed by atoms with E-state index in [1.54, 1.807) is 27.9 Å². The number of halogens is 1. The SMILES string of the molecule is CCCCCCCCOC(=O)Cn1cc[n+](CC(=O)OCCCCCCCC)c1.[Cl-]. The van der Waals surface area contributed by atoms with Crippen molar-refractivity contribution < 1.29 is 36.0 Å². The third kappa shape index (κ3) is 15.3. The van der Waals surface area contributed by atoms with Gasteiger partial charge in [0, 0.05) is 0 Å². The Morgan fingerprint density at radius 2 is 1.27 bits per heavy atom. The number of carbonyl (C=O) groups excluding carboxylic acids is 2. The molecule has 0 unspecified atom stereocenters. The molecule has 0 aliphatic carbocycles. The lowest BCUT2D eigenvalue weighted by molar-refractivity contribution is -0.685. The minimum atomic E-state index is -0.244. The standard InChI is InChI=1S/C23H41N2O4.ClH/c1-3-5-7-9-11-13-17-28-22(26)19-24-15-16-25(21-24)20-23(27)29-18-14-12-10-8-6-4-2;/h15-16,21H,3-14,17-20H2,1-2H3;1H/q+1;/p-1. The lowest BCUT2D eigenvalue weighted by Gasteiger charge is -2.04. The minimum Gasteiger partial charge on any atom is -1.00 e. The Morgan fingerprint density at radius 3 is 1.83 bits per heavy atom. The van der Waals surface area contributed by atoms with Gasteiger partial charge in [-0.05, 0) is 12.8 Å². The van der Waals surface area contributed by atoms with E-state index in [1.165, 1.54) is 51.4 Å². The maximum Gasteiger partial charge on any atom is 0.348 e. The predicted molar refractivity (Wildman–Crippen MR) is 113 cm³/mol. The third-order valence-electron chi connectivity index (χ3n) is 4.89. The molecule has 1 heterocycles. The van der Waals surface area contributed by atoms with Gasteiger partial charge in [0.1, 0.15) is 12.4 Å². The summed E-state index contributed by atoms with van der Waals surface area (Å²) in [6.45, 7) is 5.69. The molecule has 30 heavy (non-hydrogen) atoms. The zero-order valence-electron chi connectivity index (χ0n) is 19.0. The molecule has 1 aromatic heterocycles. The van der Waals surface area contributed by atoms with Crippen LogP contribution >= 0.6 is 0 Å². The average molecular weight is 445 g/mol. The molecule has 1 rings (SSSR count). The highest BCUT2D eigenvalue weighted by molar-refractivity contribution is 5.69. The number of hydrogen-bond acceptors (Lipinski definition) is 4. The molecule has 0 aliphatic rings. The summed E-state index contributed by atoms with van der Waals surface area (Å²) in [6, 6.07) is 0. The summed E-state index contributed by atoms with van der Waals surface area (Å²) in [4.78, 5) is 23.8. The van der Waals surface area contributed by atoms with E-state index in [1.807, 2.05) is 0 Å². The first-order chi connectivity index (χ1) is 14.2. The molecular weight excluding hydrogens is 404 g/mol. The molecule has 6 nitrogen and oxygen atoms in total. The van der Waals surface area contributed by atoms with E-state index in [0.717, 1.165) is 25.7 Å². The van der Waals surface area contributed by atoms with Crippen LogP contribution in [0.5, 0.6) is 0 Å². The van der Waals surface area contributed by atoms with Crippen molar-refractivity contribution in [2.45, 2.75) is 104 Å². The number of carbonyl (C=O) groups is 2. The summed E-state index contributed by atoms with van der Waals surface area (Å²) in [5.74, 6) is -0.487. The molecule has 174 valence electrons. The first kappa shape index (κ1) is 28.4. The van der Waals surface area contributed by atoms with Crippen LogP contribution in [0, 0.1) is 0 Å². The molecule has 0 saturated carbocycles. The smallest absolute Gasteiger partial charge is 0.348 e. The summed E-state index contributed by atoms with van der Waals surface area (Å²) in [6.07, 6.45) is 19.3. The van der Waals surface area contributed by atoms with Crippen molar-refractivity contribution in [2.24, 2.45) is 0 Å². The van der Waals surface area contributed by atoms with Gasteiger partial charge in [-0.2, -0.15) is 0 Å². The van der Waals surface area contributed by atoms with Gasteiger partial charge >= 0.3 is 11.9 Å². The highest BCUT2D eigenvalue weighted by Gasteiger charge is 2.13. The maximum atomic E-state index is 11.9. The molecule has 0 fully saturated rings. The third-order valence-corrected chi connectivity index (χ3v) is 4.89. The Hall–Kier alpha value is -1.56. The van der Waals surface area contributed by atoms with Crippen molar-refractivity contribution in [1.82, 2.24) is 4.57 Å². The highest BCUT2D eigenvalue weighted by atomic mass is 35.5. The summed E-state index contributed by atoms with van der Waals surface area (Å²) in [5.41, 5.74) is 0. The van der Waals surface area contributed by atoms with Crippen LogP contribution < -0.4 is 17.0 Å². The van der Waals surface area contributed by atoms with Gasteiger partial charge in [-0.3, -0.25) is 0 Å². The Labute approximate surface area is 188 Å². The number of ether oxygens (including phenoxy) is 2. The predicted octanol–water partition coefficient (Wildman–Crippen LogP) is 1.59. The molecule has 0 spiro atoms. The van der Waals surface area contributed by atoms with Crippen LogP contribution in [0.15, 0.2) is 18.7 Å². The number of nitrogens with zero attached hydrogens (tertiary/aromatic N) is 2. The topological polar surface area (TPSA) is 61.4 Å². The fourth-order valence-electron chi connectivity index (χ4n) is 3.15. The van der Waals surface area contributed by atoms with Gasteiger partial charge in [-0.1, -0.05) is 78.1 Å². The van der Waals surface area contributed by atoms with E-state index in [0.29, 0.717) is 13.2 Å². The molecule has 0 aliphatic heterocycles. The molecule has 7 heteroatoms. The first-order valence-corrected chi connectivity index (χ1v) is 11.5. The van der Waals surface area contributed by atoms with Crippen LogP contribution in [0.4, 0.5) is 0 Å². The van der Waals surface area contributed by atoms with Crippen LogP contribution in [0.25, 0.3) is 0 Å². The van der Waals surface area contributed by atoms with Crippen molar-refractivity contribution in [3.8, 4) is 0 Å². The van der Waals surface area contributed by atoms with Gasteiger partial charge in [-0.25, -0.2) is 18.7 Å². The average Bonchev–Trinajstić information content (AvgIpc) is 3.13. The molecule has 1 aromatic rings. The molecule has 0 saturated heterocycles. The van der Waals surface area contributed by atoms with Crippen molar-refractivity contribution in [3.63, 3.8) is 0 Å².